The zero-order chi connectivity index (χ0) is 17.5. The second-order valence-electron chi connectivity index (χ2n) is 5.85. The van der Waals surface area contributed by atoms with Crippen LogP contribution in [0.4, 0.5) is 8.78 Å². The molecule has 1 aromatic heterocycles. The molecule has 24 heavy (non-hydrogen) atoms. The summed E-state index contributed by atoms with van der Waals surface area (Å²) in [4.78, 5) is 11.5. The highest BCUT2D eigenvalue weighted by atomic mass is 32.2. The van der Waals surface area contributed by atoms with Crippen LogP contribution >= 0.6 is 0 Å². The predicted octanol–water partition coefficient (Wildman–Crippen LogP) is 1.80. The molecule has 1 aliphatic rings. The number of piperidine rings is 1. The molecule has 0 bridgehead atoms. The Morgan fingerprint density at radius 3 is 2.21 bits per heavy atom. The summed E-state index contributed by atoms with van der Waals surface area (Å²) < 4.78 is 53.8. The summed E-state index contributed by atoms with van der Waals surface area (Å²) in [7, 11) is -2.21. The lowest BCUT2D eigenvalue weighted by atomic mass is 10.1. The average Bonchev–Trinajstić information content (AvgIpc) is 2.86. The van der Waals surface area contributed by atoms with Crippen molar-refractivity contribution in [2.24, 2.45) is 7.05 Å². The number of benzene rings is 1. The van der Waals surface area contributed by atoms with Gasteiger partial charge in [0, 0.05) is 39.0 Å². The van der Waals surface area contributed by atoms with Crippen molar-refractivity contribution in [2.75, 3.05) is 13.1 Å². The van der Waals surface area contributed by atoms with Gasteiger partial charge in [0.25, 0.3) is 11.5 Å². The minimum atomic E-state index is -3.79. The number of aromatic nitrogens is 2. The van der Waals surface area contributed by atoms with Crippen molar-refractivity contribution in [3.05, 3.63) is 40.7 Å². The summed E-state index contributed by atoms with van der Waals surface area (Å²) in [6.45, 7) is -0.383. The van der Waals surface area contributed by atoms with Gasteiger partial charge >= 0.3 is 0 Å². The van der Waals surface area contributed by atoms with Crippen molar-refractivity contribution in [1.29, 1.82) is 0 Å². The summed E-state index contributed by atoms with van der Waals surface area (Å²) in [5, 5.41) is 2.85. The first-order valence-electron chi connectivity index (χ1n) is 7.43. The van der Waals surface area contributed by atoms with E-state index < -0.39 is 28.8 Å². The summed E-state index contributed by atoms with van der Waals surface area (Å²) in [5.74, 6) is -2.80. The molecule has 0 atom stereocenters. The molecule has 1 N–H and O–H groups in total. The van der Waals surface area contributed by atoms with Crippen LogP contribution in [0.5, 0.6) is 0 Å². The Morgan fingerprint density at radius 2 is 1.71 bits per heavy atom. The quantitative estimate of drug-likeness (QED) is 0.910. The fraction of sp³-hybridized carbons (Fsp3) is 0.400. The third kappa shape index (κ3) is 3.13. The molecule has 3 rings (SSSR count). The minimum Gasteiger partial charge on any atom is -0.295 e. The van der Waals surface area contributed by atoms with E-state index in [4.69, 9.17) is 0 Å². The largest absolute Gasteiger partial charge is 0.295 e. The summed E-state index contributed by atoms with van der Waals surface area (Å²) in [6, 6.07) is 7.41. The van der Waals surface area contributed by atoms with Crippen molar-refractivity contribution < 1.29 is 17.2 Å². The first-order valence-corrected chi connectivity index (χ1v) is 8.87. The molecule has 0 amide bonds. The van der Waals surface area contributed by atoms with Crippen molar-refractivity contribution in [3.8, 4) is 11.3 Å². The maximum absolute atomic E-state index is 13.2. The zero-order valence-corrected chi connectivity index (χ0v) is 13.8. The minimum absolute atomic E-state index is 0.0507. The molecule has 130 valence electrons. The number of hydrogen-bond donors (Lipinski definition) is 1. The van der Waals surface area contributed by atoms with Crippen LogP contribution < -0.4 is 5.56 Å². The molecule has 1 aromatic carbocycles. The van der Waals surface area contributed by atoms with Crippen LogP contribution in [0.2, 0.25) is 0 Å². The molecule has 2 heterocycles. The molecule has 0 aliphatic carbocycles. The fourth-order valence-corrected chi connectivity index (χ4v) is 4.09. The number of rotatable bonds is 3. The van der Waals surface area contributed by atoms with E-state index in [2.05, 4.69) is 5.10 Å². The molecule has 2 aromatic rings. The lowest BCUT2D eigenvalue weighted by Crippen LogP contribution is -2.42. The third-order valence-electron chi connectivity index (χ3n) is 4.14. The van der Waals surface area contributed by atoms with Gasteiger partial charge < -0.3 is 0 Å². The van der Waals surface area contributed by atoms with Gasteiger partial charge in [-0.1, -0.05) is 12.1 Å². The number of sulfonamides is 1. The number of aryl methyl sites for hydroxylation is 1. The van der Waals surface area contributed by atoms with Crippen LogP contribution in [-0.2, 0) is 17.1 Å². The van der Waals surface area contributed by atoms with Gasteiger partial charge in [-0.15, -0.1) is 0 Å². The number of H-pyrrole nitrogens is 1. The van der Waals surface area contributed by atoms with Crippen molar-refractivity contribution in [2.45, 2.75) is 23.7 Å². The molecule has 1 fully saturated rings. The molecule has 1 aliphatic heterocycles. The van der Waals surface area contributed by atoms with Gasteiger partial charge in [0.2, 0.25) is 10.0 Å². The molecule has 0 spiro atoms. The lowest BCUT2D eigenvalue weighted by Gasteiger charge is -2.30. The lowest BCUT2D eigenvalue weighted by molar-refractivity contribution is -0.0412. The Balaban J connectivity index is 1.83. The van der Waals surface area contributed by atoms with E-state index in [-0.39, 0.29) is 23.5 Å². The van der Waals surface area contributed by atoms with Crippen LogP contribution in [0.3, 0.4) is 0 Å². The van der Waals surface area contributed by atoms with Gasteiger partial charge in [0.05, 0.1) is 10.6 Å². The Hall–Kier alpha value is -2.00. The fourth-order valence-electron chi connectivity index (χ4n) is 2.65. The molecular formula is C15H17F2N3O3S. The van der Waals surface area contributed by atoms with Crippen LogP contribution in [0.15, 0.2) is 40.0 Å². The second-order valence-corrected chi connectivity index (χ2v) is 7.79. The number of halogens is 2. The highest BCUT2D eigenvalue weighted by Crippen LogP contribution is 2.31. The molecule has 0 radical (unpaired) electrons. The zero-order valence-electron chi connectivity index (χ0n) is 13.0. The molecular weight excluding hydrogens is 340 g/mol. The Bertz CT molecular complexity index is 891. The van der Waals surface area contributed by atoms with Gasteiger partial charge in [0.1, 0.15) is 0 Å². The van der Waals surface area contributed by atoms with Crippen LogP contribution in [0.25, 0.3) is 11.3 Å². The number of nitrogens with zero attached hydrogens (tertiary/aromatic N) is 2. The smallest absolute Gasteiger partial charge is 0.266 e. The summed E-state index contributed by atoms with van der Waals surface area (Å²) >= 11 is 0. The predicted molar refractivity (Wildman–Crippen MR) is 84.4 cm³/mol. The van der Waals surface area contributed by atoms with Crippen molar-refractivity contribution in [1.82, 2.24) is 14.1 Å². The number of aromatic amines is 1. The number of hydrogen-bond acceptors (Lipinski definition) is 3. The van der Waals surface area contributed by atoms with Gasteiger partial charge in [-0.2, -0.15) is 4.31 Å². The number of alkyl halides is 2. The van der Waals surface area contributed by atoms with Crippen LogP contribution in [0, 0.1) is 0 Å². The average molecular weight is 357 g/mol. The van der Waals surface area contributed by atoms with E-state index in [0.29, 0.717) is 11.3 Å². The van der Waals surface area contributed by atoms with Crippen LogP contribution in [0.1, 0.15) is 12.8 Å². The van der Waals surface area contributed by atoms with E-state index in [1.54, 1.807) is 19.2 Å². The van der Waals surface area contributed by atoms with Crippen molar-refractivity contribution in [3.63, 3.8) is 0 Å². The number of nitrogens with one attached hydrogen (secondary N) is 1. The highest BCUT2D eigenvalue weighted by molar-refractivity contribution is 7.89. The SMILES string of the molecule is Cn1[nH]c(-c2ccc(S(=O)(=O)N3CCC(F)(F)CC3)cc2)cc1=O. The third-order valence-corrected chi connectivity index (χ3v) is 6.06. The molecule has 0 unspecified atom stereocenters. The molecule has 9 heteroatoms. The van der Waals surface area contributed by atoms with Crippen LogP contribution in [-0.4, -0.2) is 41.5 Å². The van der Waals surface area contributed by atoms with E-state index in [1.807, 2.05) is 0 Å². The first kappa shape index (κ1) is 16.8. The van der Waals surface area contributed by atoms with Gasteiger partial charge in [-0.3, -0.25) is 14.6 Å². The van der Waals surface area contributed by atoms with E-state index in [9.17, 15) is 22.0 Å². The standard InChI is InChI=1S/C15H17F2N3O3S/c1-19-14(21)10-13(18-19)11-2-4-12(5-3-11)24(22,23)20-8-6-15(16,17)7-9-20/h2-5,10,18H,6-9H2,1H3. The first-order chi connectivity index (χ1) is 11.2. The molecule has 6 nitrogen and oxygen atoms in total. The maximum atomic E-state index is 13.2. The second kappa shape index (κ2) is 5.82. The maximum Gasteiger partial charge on any atom is 0.266 e. The summed E-state index contributed by atoms with van der Waals surface area (Å²) in [6.07, 6.45) is -0.925. The van der Waals surface area contributed by atoms with Gasteiger partial charge in [0.15, 0.2) is 0 Å². The normalized spacial score (nSPS) is 18.6. The van der Waals surface area contributed by atoms with E-state index in [1.165, 1.54) is 22.9 Å². The van der Waals surface area contributed by atoms with E-state index in [0.717, 1.165) is 4.31 Å². The van der Waals surface area contributed by atoms with Crippen molar-refractivity contribution >= 4 is 10.0 Å². The highest BCUT2D eigenvalue weighted by Gasteiger charge is 2.38. The Morgan fingerprint density at radius 1 is 1.12 bits per heavy atom. The molecule has 1 saturated heterocycles. The monoisotopic (exact) mass is 357 g/mol. The van der Waals surface area contributed by atoms with E-state index >= 15 is 0 Å². The Labute approximate surface area is 137 Å². The Kier molecular flexibility index (Phi) is 4.08. The van der Waals surface area contributed by atoms with Gasteiger partial charge in [-0.05, 0) is 17.7 Å². The summed E-state index contributed by atoms with van der Waals surface area (Å²) in [5.41, 5.74) is 1.04. The van der Waals surface area contributed by atoms with Gasteiger partial charge in [-0.25, -0.2) is 17.2 Å². The molecule has 0 saturated carbocycles. The topological polar surface area (TPSA) is 75.2 Å².